The van der Waals surface area contributed by atoms with Crippen LogP contribution in [0, 0.1) is 6.92 Å². The smallest absolute Gasteiger partial charge is 0.191 e. The van der Waals surface area contributed by atoms with Crippen LogP contribution in [0.5, 0.6) is 0 Å². The number of aliphatic hydroxyl groups is 1. The molecule has 2 aromatic carbocycles. The van der Waals surface area contributed by atoms with Crippen LogP contribution in [-0.2, 0) is 11.2 Å². The lowest BCUT2D eigenvalue weighted by Crippen LogP contribution is -2.39. The number of aliphatic hydroxyl groups excluding tert-OH is 1. The Labute approximate surface area is 207 Å². The van der Waals surface area contributed by atoms with Gasteiger partial charge in [-0.3, -0.25) is 4.99 Å². The van der Waals surface area contributed by atoms with Crippen LogP contribution in [0.3, 0.4) is 0 Å². The molecule has 2 atom stereocenters. The second-order valence-corrected chi connectivity index (χ2v) is 7.71. The zero-order valence-corrected chi connectivity index (χ0v) is 21.4. The summed E-state index contributed by atoms with van der Waals surface area (Å²) in [7, 11) is 0. The third-order valence-electron chi connectivity index (χ3n) is 5.31. The second kappa shape index (κ2) is 13.4. The van der Waals surface area contributed by atoms with E-state index in [1.54, 1.807) is 0 Å². The molecule has 0 aliphatic rings. The molecule has 0 aliphatic heterocycles. The maximum Gasteiger partial charge on any atom is 0.191 e. The Balaban J connectivity index is 0.00000363. The largest absolute Gasteiger partial charge is 0.389 e. The number of rotatable bonds is 10. The normalized spacial score (nSPS) is 13.4. The Morgan fingerprint density at radius 2 is 1.81 bits per heavy atom. The van der Waals surface area contributed by atoms with E-state index < -0.39 is 6.10 Å². The van der Waals surface area contributed by atoms with Gasteiger partial charge in [0.15, 0.2) is 5.96 Å². The highest BCUT2D eigenvalue weighted by Crippen LogP contribution is 2.22. The van der Waals surface area contributed by atoms with Crippen LogP contribution >= 0.6 is 24.0 Å². The van der Waals surface area contributed by atoms with Crippen molar-refractivity contribution in [2.45, 2.75) is 39.4 Å². The van der Waals surface area contributed by atoms with Crippen LogP contribution < -0.4 is 10.6 Å². The van der Waals surface area contributed by atoms with Crippen LogP contribution in [0.1, 0.15) is 36.8 Å². The number of aromatic amines is 1. The SMILES string of the molecule is CCNC(=NCC(O)COC(C)c1ccccc1)NCCc1c(C)[nH]c2ccccc12.I. The standard InChI is InChI=1S/C25H34N4O2.HI/c1-4-26-25(27-15-14-22-18(2)29-24-13-9-8-12-23(22)24)28-16-21(30)17-31-19(3)20-10-6-5-7-11-20;/h5-13,19,21,29-30H,4,14-17H2,1-3H3,(H2,26,27,28);1H. The molecular formula is C25H35IN4O2. The molecule has 0 amide bonds. The predicted molar refractivity (Wildman–Crippen MR) is 143 cm³/mol. The first-order valence-electron chi connectivity index (χ1n) is 11.0. The summed E-state index contributed by atoms with van der Waals surface area (Å²) in [4.78, 5) is 7.97. The summed E-state index contributed by atoms with van der Waals surface area (Å²) in [6.45, 7) is 8.17. The molecular weight excluding hydrogens is 515 g/mol. The van der Waals surface area contributed by atoms with Gasteiger partial charge in [-0.1, -0.05) is 48.5 Å². The van der Waals surface area contributed by atoms with Gasteiger partial charge in [-0.15, -0.1) is 24.0 Å². The minimum atomic E-state index is -0.655. The van der Waals surface area contributed by atoms with E-state index in [0.29, 0.717) is 5.96 Å². The van der Waals surface area contributed by atoms with Crippen LogP contribution in [-0.4, -0.2) is 48.4 Å². The highest BCUT2D eigenvalue weighted by atomic mass is 127. The topological polar surface area (TPSA) is 81.7 Å². The Kier molecular flexibility index (Phi) is 11.0. The number of nitrogens with one attached hydrogen (secondary N) is 3. The van der Waals surface area contributed by atoms with Gasteiger partial charge >= 0.3 is 0 Å². The van der Waals surface area contributed by atoms with Gasteiger partial charge in [0, 0.05) is 29.7 Å². The molecule has 0 bridgehead atoms. The van der Waals surface area contributed by atoms with E-state index in [1.165, 1.54) is 22.2 Å². The third-order valence-corrected chi connectivity index (χ3v) is 5.31. The highest BCUT2D eigenvalue weighted by Gasteiger charge is 2.11. The van der Waals surface area contributed by atoms with Gasteiger partial charge in [-0.25, -0.2) is 0 Å². The van der Waals surface area contributed by atoms with Gasteiger partial charge in [0.25, 0.3) is 0 Å². The third kappa shape index (κ3) is 7.50. The van der Waals surface area contributed by atoms with Crippen molar-refractivity contribution in [1.29, 1.82) is 0 Å². The lowest BCUT2D eigenvalue weighted by Gasteiger charge is -2.17. The number of halogens is 1. The fourth-order valence-corrected chi connectivity index (χ4v) is 3.63. The van der Waals surface area contributed by atoms with E-state index in [9.17, 15) is 5.11 Å². The van der Waals surface area contributed by atoms with Crippen molar-refractivity contribution in [2.24, 2.45) is 4.99 Å². The fraction of sp³-hybridized carbons (Fsp3) is 0.400. The zero-order chi connectivity index (χ0) is 22.1. The number of nitrogens with zero attached hydrogens (tertiary/aromatic N) is 1. The monoisotopic (exact) mass is 550 g/mol. The Morgan fingerprint density at radius 3 is 2.56 bits per heavy atom. The first-order valence-corrected chi connectivity index (χ1v) is 11.0. The molecule has 0 saturated heterocycles. The van der Waals surface area contributed by atoms with Crippen molar-refractivity contribution < 1.29 is 9.84 Å². The minimum absolute atomic E-state index is 0. The van der Waals surface area contributed by atoms with Gasteiger partial charge in [0.2, 0.25) is 0 Å². The summed E-state index contributed by atoms with van der Waals surface area (Å²) in [5.41, 5.74) is 4.79. The van der Waals surface area contributed by atoms with E-state index in [2.05, 4.69) is 45.7 Å². The van der Waals surface area contributed by atoms with E-state index >= 15 is 0 Å². The summed E-state index contributed by atoms with van der Waals surface area (Å²) >= 11 is 0. The molecule has 3 aromatic rings. The summed E-state index contributed by atoms with van der Waals surface area (Å²) in [6.07, 6.45) is 0.170. The molecule has 1 aromatic heterocycles. The average Bonchev–Trinajstić information content (AvgIpc) is 3.11. The van der Waals surface area contributed by atoms with Crippen molar-refractivity contribution in [3.8, 4) is 0 Å². The first-order chi connectivity index (χ1) is 15.1. The number of para-hydroxylation sites is 1. The molecule has 2 unspecified atom stereocenters. The fourth-order valence-electron chi connectivity index (χ4n) is 3.63. The van der Waals surface area contributed by atoms with Crippen molar-refractivity contribution in [3.63, 3.8) is 0 Å². The predicted octanol–water partition coefficient (Wildman–Crippen LogP) is 4.33. The highest BCUT2D eigenvalue weighted by molar-refractivity contribution is 14.0. The van der Waals surface area contributed by atoms with Crippen molar-refractivity contribution in [3.05, 3.63) is 71.4 Å². The number of fused-ring (bicyclic) bond motifs is 1. The number of hydrogen-bond acceptors (Lipinski definition) is 3. The van der Waals surface area contributed by atoms with Crippen molar-refractivity contribution >= 4 is 40.8 Å². The van der Waals surface area contributed by atoms with Gasteiger partial charge in [0.05, 0.1) is 25.4 Å². The summed E-state index contributed by atoms with van der Waals surface area (Å²) in [5.74, 6) is 0.704. The molecule has 4 N–H and O–H groups in total. The minimum Gasteiger partial charge on any atom is -0.389 e. The molecule has 0 spiro atoms. The van der Waals surface area contributed by atoms with Gasteiger partial charge < -0.3 is 25.5 Å². The average molecular weight is 550 g/mol. The molecule has 6 nitrogen and oxygen atoms in total. The maximum absolute atomic E-state index is 10.3. The van der Waals surface area contributed by atoms with E-state index in [4.69, 9.17) is 4.74 Å². The number of ether oxygens (including phenoxy) is 1. The summed E-state index contributed by atoms with van der Waals surface area (Å²) < 4.78 is 5.80. The van der Waals surface area contributed by atoms with Gasteiger partial charge in [-0.05, 0) is 44.4 Å². The van der Waals surface area contributed by atoms with E-state index in [1.807, 2.05) is 50.2 Å². The van der Waals surface area contributed by atoms with Gasteiger partial charge in [0.1, 0.15) is 0 Å². The zero-order valence-electron chi connectivity index (χ0n) is 19.1. The molecule has 0 fully saturated rings. The maximum atomic E-state index is 10.3. The Bertz CT molecular complexity index is 974. The molecule has 0 saturated carbocycles. The number of aryl methyl sites for hydroxylation is 1. The molecule has 32 heavy (non-hydrogen) atoms. The van der Waals surface area contributed by atoms with Gasteiger partial charge in [-0.2, -0.15) is 0 Å². The van der Waals surface area contributed by atoms with Crippen LogP contribution in [0.25, 0.3) is 10.9 Å². The van der Waals surface area contributed by atoms with Crippen molar-refractivity contribution in [1.82, 2.24) is 15.6 Å². The first kappa shape index (κ1) is 26.2. The number of guanidine groups is 1. The Morgan fingerprint density at radius 1 is 1.09 bits per heavy atom. The quantitative estimate of drug-likeness (QED) is 0.172. The molecule has 7 heteroatoms. The lowest BCUT2D eigenvalue weighted by atomic mass is 10.1. The van der Waals surface area contributed by atoms with E-state index in [-0.39, 0.29) is 43.2 Å². The van der Waals surface area contributed by atoms with Crippen LogP contribution in [0.15, 0.2) is 59.6 Å². The summed E-state index contributed by atoms with van der Waals surface area (Å²) in [6, 6.07) is 18.4. The lowest BCUT2D eigenvalue weighted by molar-refractivity contribution is 0.00112. The molecule has 1 heterocycles. The van der Waals surface area contributed by atoms with Crippen LogP contribution in [0.2, 0.25) is 0 Å². The second-order valence-electron chi connectivity index (χ2n) is 7.71. The van der Waals surface area contributed by atoms with Crippen molar-refractivity contribution in [2.75, 3.05) is 26.2 Å². The number of H-pyrrole nitrogens is 1. The molecule has 3 rings (SSSR count). The number of aliphatic imine (C=N–C) groups is 1. The number of aromatic nitrogens is 1. The van der Waals surface area contributed by atoms with E-state index in [0.717, 1.165) is 25.1 Å². The van der Waals surface area contributed by atoms with Crippen LogP contribution in [0.4, 0.5) is 0 Å². The molecule has 174 valence electrons. The molecule has 0 aliphatic carbocycles. The summed E-state index contributed by atoms with van der Waals surface area (Å²) in [5, 5.41) is 18.2. The molecule has 0 radical (unpaired) electrons. The Hall–Kier alpha value is -2.10. The number of hydrogen-bond donors (Lipinski definition) is 4. The number of benzene rings is 2.